The van der Waals surface area contributed by atoms with Gasteiger partial charge in [0.05, 0.1) is 17.7 Å². The maximum atomic E-state index is 12.5. The lowest BCUT2D eigenvalue weighted by Gasteiger charge is -2.15. The van der Waals surface area contributed by atoms with Gasteiger partial charge in [-0.3, -0.25) is 14.9 Å². The standard InChI is InChI=1S/C29H22BrN3O6/c1-2-37-26-14-21(16-31-32-29(34)28-13-20-12-22(33(35)36)10-11-25(20)39-28)24(30)15-27(26)38-17-19-8-5-7-18-6-3-4-9-23(18)19/h3-16H,2,17H2,1H3,(H,32,34)/b31-16-. The first-order valence-electron chi connectivity index (χ1n) is 12.0. The minimum absolute atomic E-state index is 0.0195. The second-order valence-corrected chi connectivity index (χ2v) is 9.32. The zero-order valence-corrected chi connectivity index (χ0v) is 22.3. The summed E-state index contributed by atoms with van der Waals surface area (Å²) >= 11 is 3.54. The Hall–Kier alpha value is -4.70. The largest absolute Gasteiger partial charge is 0.490 e. The van der Waals surface area contributed by atoms with Crippen LogP contribution in [0, 0.1) is 10.1 Å². The van der Waals surface area contributed by atoms with Crippen molar-refractivity contribution >= 4 is 55.5 Å². The molecule has 4 aromatic carbocycles. The molecule has 0 atom stereocenters. The van der Waals surface area contributed by atoms with Crippen molar-refractivity contribution < 1.29 is 23.6 Å². The van der Waals surface area contributed by atoms with Gasteiger partial charge in [-0.2, -0.15) is 5.10 Å². The third kappa shape index (κ3) is 5.75. The van der Waals surface area contributed by atoms with Crippen LogP contribution in [0.1, 0.15) is 28.6 Å². The van der Waals surface area contributed by atoms with Gasteiger partial charge in [0, 0.05) is 27.6 Å². The summed E-state index contributed by atoms with van der Waals surface area (Å²) in [5.74, 6) is 0.483. The monoisotopic (exact) mass is 587 g/mol. The fourth-order valence-electron chi connectivity index (χ4n) is 4.08. The molecule has 0 saturated heterocycles. The second-order valence-electron chi connectivity index (χ2n) is 8.47. The number of nitro groups is 1. The molecule has 0 radical (unpaired) electrons. The van der Waals surface area contributed by atoms with E-state index in [4.69, 9.17) is 13.9 Å². The Morgan fingerprint density at radius 2 is 1.82 bits per heavy atom. The van der Waals surface area contributed by atoms with E-state index in [0.29, 0.717) is 45.7 Å². The molecule has 5 aromatic rings. The molecular formula is C29H22BrN3O6. The Balaban J connectivity index is 1.30. The number of halogens is 1. The van der Waals surface area contributed by atoms with E-state index in [1.165, 1.54) is 30.5 Å². The van der Waals surface area contributed by atoms with Crippen molar-refractivity contribution in [3.8, 4) is 11.5 Å². The average Bonchev–Trinajstić information content (AvgIpc) is 3.37. The lowest BCUT2D eigenvalue weighted by Crippen LogP contribution is -2.16. The minimum atomic E-state index is -0.596. The number of nitro benzene ring substituents is 1. The summed E-state index contributed by atoms with van der Waals surface area (Å²) in [5, 5.41) is 17.7. The number of furan rings is 1. The van der Waals surface area contributed by atoms with E-state index < -0.39 is 10.8 Å². The molecule has 9 nitrogen and oxygen atoms in total. The Morgan fingerprint density at radius 3 is 2.64 bits per heavy atom. The molecule has 1 N–H and O–H groups in total. The van der Waals surface area contributed by atoms with Crippen LogP contribution < -0.4 is 14.9 Å². The molecule has 0 bridgehead atoms. The number of fused-ring (bicyclic) bond motifs is 2. The van der Waals surface area contributed by atoms with Crippen LogP contribution in [0.5, 0.6) is 11.5 Å². The quantitative estimate of drug-likeness (QED) is 0.113. The summed E-state index contributed by atoms with van der Waals surface area (Å²) in [6.45, 7) is 2.67. The number of nitrogens with one attached hydrogen (secondary N) is 1. The van der Waals surface area contributed by atoms with E-state index in [2.05, 4.69) is 44.7 Å². The van der Waals surface area contributed by atoms with E-state index in [9.17, 15) is 14.9 Å². The molecular weight excluding hydrogens is 566 g/mol. The van der Waals surface area contributed by atoms with Gasteiger partial charge in [-0.1, -0.05) is 42.5 Å². The molecule has 0 fully saturated rings. The number of rotatable bonds is 9. The maximum Gasteiger partial charge on any atom is 0.307 e. The van der Waals surface area contributed by atoms with Gasteiger partial charge in [0.15, 0.2) is 17.3 Å². The van der Waals surface area contributed by atoms with E-state index in [1.54, 1.807) is 12.1 Å². The molecule has 196 valence electrons. The van der Waals surface area contributed by atoms with Crippen LogP contribution in [0.2, 0.25) is 0 Å². The highest BCUT2D eigenvalue weighted by Crippen LogP contribution is 2.34. The van der Waals surface area contributed by atoms with Crippen molar-refractivity contribution in [2.45, 2.75) is 13.5 Å². The van der Waals surface area contributed by atoms with Gasteiger partial charge in [-0.05, 0) is 63.5 Å². The van der Waals surface area contributed by atoms with Crippen molar-refractivity contribution in [1.29, 1.82) is 0 Å². The lowest BCUT2D eigenvalue weighted by molar-refractivity contribution is -0.384. The molecule has 0 unspecified atom stereocenters. The van der Waals surface area contributed by atoms with Crippen LogP contribution in [-0.2, 0) is 6.61 Å². The van der Waals surface area contributed by atoms with Crippen LogP contribution >= 0.6 is 15.9 Å². The second kappa shape index (κ2) is 11.4. The molecule has 1 amide bonds. The number of nitrogens with zero attached hydrogens (tertiary/aromatic N) is 2. The van der Waals surface area contributed by atoms with Crippen LogP contribution in [0.25, 0.3) is 21.7 Å². The third-order valence-electron chi connectivity index (χ3n) is 5.93. The molecule has 0 spiro atoms. The maximum absolute atomic E-state index is 12.5. The summed E-state index contributed by atoms with van der Waals surface area (Å²) in [7, 11) is 0. The smallest absolute Gasteiger partial charge is 0.307 e. The highest BCUT2D eigenvalue weighted by molar-refractivity contribution is 9.10. The first-order chi connectivity index (χ1) is 18.9. The fourth-order valence-corrected chi connectivity index (χ4v) is 4.50. The van der Waals surface area contributed by atoms with Gasteiger partial charge in [-0.15, -0.1) is 0 Å². The molecule has 0 aliphatic heterocycles. The highest BCUT2D eigenvalue weighted by atomic mass is 79.9. The topological polar surface area (TPSA) is 116 Å². The van der Waals surface area contributed by atoms with Gasteiger partial charge in [0.25, 0.3) is 5.69 Å². The Bertz CT molecular complexity index is 1720. The van der Waals surface area contributed by atoms with Gasteiger partial charge >= 0.3 is 5.91 Å². The minimum Gasteiger partial charge on any atom is -0.490 e. The highest BCUT2D eigenvalue weighted by Gasteiger charge is 2.15. The molecule has 0 aliphatic rings. The number of benzene rings is 4. The predicted molar refractivity (Wildman–Crippen MR) is 152 cm³/mol. The summed E-state index contributed by atoms with van der Waals surface area (Å²) in [5.41, 5.74) is 4.39. The van der Waals surface area contributed by atoms with Crippen molar-refractivity contribution in [2.75, 3.05) is 6.61 Å². The van der Waals surface area contributed by atoms with Crippen LogP contribution in [-0.4, -0.2) is 23.7 Å². The Morgan fingerprint density at radius 1 is 1.03 bits per heavy atom. The number of non-ortho nitro benzene ring substituents is 1. The van der Waals surface area contributed by atoms with Crippen LogP contribution in [0.4, 0.5) is 5.69 Å². The average molecular weight is 588 g/mol. The van der Waals surface area contributed by atoms with Crippen molar-refractivity contribution in [1.82, 2.24) is 5.43 Å². The SMILES string of the molecule is CCOc1cc(/C=N\NC(=O)c2cc3cc([N+](=O)[O-])ccc3o2)c(Br)cc1OCc1cccc2ccccc12. The van der Waals surface area contributed by atoms with Crippen molar-refractivity contribution in [2.24, 2.45) is 5.10 Å². The number of carbonyl (C=O) groups is 1. The third-order valence-corrected chi connectivity index (χ3v) is 6.62. The number of carbonyl (C=O) groups excluding carboxylic acids is 1. The summed E-state index contributed by atoms with van der Waals surface area (Å²) < 4.78 is 18.1. The predicted octanol–water partition coefficient (Wildman–Crippen LogP) is 7.00. The number of amides is 1. The van der Waals surface area contributed by atoms with Crippen LogP contribution in [0.15, 0.2) is 92.9 Å². The molecule has 0 aliphatic carbocycles. The number of hydrogen-bond donors (Lipinski definition) is 1. The first-order valence-corrected chi connectivity index (χ1v) is 12.8. The molecule has 0 saturated carbocycles. The lowest BCUT2D eigenvalue weighted by atomic mass is 10.1. The van der Waals surface area contributed by atoms with E-state index in [0.717, 1.165) is 16.3 Å². The van der Waals surface area contributed by atoms with E-state index in [-0.39, 0.29) is 11.4 Å². The molecule has 1 heterocycles. The van der Waals surface area contributed by atoms with Gasteiger partial charge in [0.2, 0.25) is 0 Å². The van der Waals surface area contributed by atoms with Gasteiger partial charge < -0.3 is 13.9 Å². The Kier molecular flexibility index (Phi) is 7.55. The number of ether oxygens (including phenoxy) is 2. The van der Waals surface area contributed by atoms with Crippen molar-refractivity contribution in [3.63, 3.8) is 0 Å². The first kappa shape index (κ1) is 25.9. The molecule has 1 aromatic heterocycles. The van der Waals surface area contributed by atoms with Crippen LogP contribution in [0.3, 0.4) is 0 Å². The molecule has 10 heteroatoms. The summed E-state index contributed by atoms with van der Waals surface area (Å²) in [6, 6.07) is 23.3. The molecule has 5 rings (SSSR count). The van der Waals surface area contributed by atoms with E-state index in [1.807, 2.05) is 31.2 Å². The van der Waals surface area contributed by atoms with Crippen molar-refractivity contribution in [3.05, 3.63) is 110 Å². The number of hydrogen-bond acceptors (Lipinski definition) is 7. The summed E-state index contributed by atoms with van der Waals surface area (Å²) in [4.78, 5) is 23.0. The number of hydrazone groups is 1. The normalized spacial score (nSPS) is 11.2. The zero-order valence-electron chi connectivity index (χ0n) is 20.7. The molecule has 39 heavy (non-hydrogen) atoms. The van der Waals surface area contributed by atoms with E-state index >= 15 is 0 Å². The van der Waals surface area contributed by atoms with Gasteiger partial charge in [-0.25, -0.2) is 5.43 Å². The fraction of sp³-hybridized carbons (Fsp3) is 0.103. The van der Waals surface area contributed by atoms with Gasteiger partial charge in [0.1, 0.15) is 12.2 Å². The summed E-state index contributed by atoms with van der Waals surface area (Å²) in [6.07, 6.45) is 1.46. The zero-order chi connectivity index (χ0) is 27.4. The Labute approximate surface area is 231 Å².